The molecule has 2 aromatic heterocycles. The van der Waals surface area contributed by atoms with E-state index in [4.69, 9.17) is 24.6 Å². The number of nitrogens with zero attached hydrogens (tertiary/aromatic N) is 4. The molecule has 0 bridgehead atoms. The molecule has 1 aliphatic rings. The van der Waals surface area contributed by atoms with Gasteiger partial charge in [-0.05, 0) is 12.8 Å². The zero-order valence-electron chi connectivity index (χ0n) is 31.1. The van der Waals surface area contributed by atoms with Crippen molar-refractivity contribution in [2.45, 2.75) is 77.1 Å². The summed E-state index contributed by atoms with van der Waals surface area (Å²) in [6.45, 7) is 2.04. The molecule has 0 spiro atoms. The number of nitrogens with one attached hydrogen (secondary N) is 2. The molecule has 11 N–H and O–H groups in total. The van der Waals surface area contributed by atoms with Crippen molar-refractivity contribution in [3.05, 3.63) is 12.7 Å². The smallest absolute Gasteiger partial charge is 0.481 e. The molecule has 30 heteroatoms. The van der Waals surface area contributed by atoms with Gasteiger partial charge in [0, 0.05) is 43.0 Å². The molecule has 0 aromatic carbocycles. The third-order valence-electron chi connectivity index (χ3n) is 8.28. The molecular formula is C28H46N7O19P3S. The van der Waals surface area contributed by atoms with Crippen LogP contribution in [0.25, 0.3) is 11.2 Å². The van der Waals surface area contributed by atoms with Crippen LogP contribution in [-0.4, -0.2) is 134 Å². The average Bonchev–Trinajstić information content (AvgIpc) is 3.68. The summed E-state index contributed by atoms with van der Waals surface area (Å²) < 4.78 is 62.1. The number of aliphatic hydroxyl groups is 2. The van der Waals surface area contributed by atoms with Crippen molar-refractivity contribution in [3.8, 4) is 0 Å². The van der Waals surface area contributed by atoms with E-state index in [1.807, 2.05) is 0 Å². The Bertz CT molecular complexity index is 1920. The maximum atomic E-state index is 12.7. The number of carboxylic acids is 1. The number of phosphoric ester groups is 3. The van der Waals surface area contributed by atoms with Crippen LogP contribution in [0, 0.1) is 11.3 Å². The number of hydrogen-bond donors (Lipinski definition) is 10. The Morgan fingerprint density at radius 2 is 1.71 bits per heavy atom. The maximum absolute atomic E-state index is 12.7. The third kappa shape index (κ3) is 14.9. The van der Waals surface area contributed by atoms with Crippen LogP contribution in [0.1, 0.15) is 52.7 Å². The number of imidazole rings is 1. The molecule has 0 saturated carbocycles. The number of nitrogens with two attached hydrogens (primary N) is 1. The van der Waals surface area contributed by atoms with Crippen molar-refractivity contribution in [1.29, 1.82) is 0 Å². The molecule has 3 heterocycles. The first-order valence-corrected chi connectivity index (χ1v) is 22.6. The minimum atomic E-state index is -5.59. The fourth-order valence-electron chi connectivity index (χ4n) is 5.19. The number of carboxylic acid groups (broad SMARTS) is 1. The van der Waals surface area contributed by atoms with Crippen LogP contribution in [0.5, 0.6) is 0 Å². The molecule has 26 nitrogen and oxygen atoms in total. The SMILES string of the molecule is CCC(CCC(=O)O)C(=O)SCCNC(=O)CCNC(=O)C(O)C(C)(C)COP(=O)(O)OP(=O)(O)OCC1OC(n2cnc3c(N)ncnc32)C(O)C1OP(=O)(O)O. The third-order valence-corrected chi connectivity index (χ3v) is 12.4. The second-order valence-electron chi connectivity index (χ2n) is 13.3. The van der Waals surface area contributed by atoms with E-state index >= 15 is 0 Å². The lowest BCUT2D eigenvalue weighted by atomic mass is 9.87. The van der Waals surface area contributed by atoms with Crippen LogP contribution in [0.4, 0.5) is 5.82 Å². The largest absolute Gasteiger partial charge is 0.481 e. The summed E-state index contributed by atoms with van der Waals surface area (Å²) in [4.78, 5) is 98.7. The van der Waals surface area contributed by atoms with Crippen molar-refractivity contribution in [2.75, 3.05) is 37.8 Å². The first kappa shape index (κ1) is 49.4. The normalized spacial score (nSPS) is 21.8. The number of fused-ring (bicyclic) bond motifs is 1. The molecular weight excluding hydrogens is 863 g/mol. The standard InChI is InChI=1S/C28H46N7O19P3S/c1-4-15(5-6-18(37)38)27(42)58-10-9-30-17(36)7-8-31-25(41)22(40)28(2,3)12-51-57(48,49)54-56(46,47)50-11-16-21(53-55(43,44)45)20(39)26(52-16)35-14-34-19-23(29)32-13-33-24(19)35/h13-16,20-22,26,39-40H,4-12H2,1-3H3,(H,30,36)(H,31,41)(H,37,38)(H,46,47)(H,48,49)(H2,29,32,33)(H2,43,44,45). The molecule has 1 fully saturated rings. The predicted octanol–water partition coefficient (Wildman–Crippen LogP) is -0.444. The molecule has 2 aromatic rings. The first-order chi connectivity index (χ1) is 26.9. The number of rotatable bonds is 24. The highest BCUT2D eigenvalue weighted by Gasteiger charge is 2.50. The van der Waals surface area contributed by atoms with Gasteiger partial charge in [-0.25, -0.2) is 28.6 Å². The van der Waals surface area contributed by atoms with Crippen LogP contribution >= 0.6 is 35.2 Å². The molecule has 8 unspecified atom stereocenters. The average molecular weight is 910 g/mol. The molecule has 0 aliphatic carbocycles. The van der Waals surface area contributed by atoms with E-state index < -0.39 is 96.4 Å². The monoisotopic (exact) mass is 909 g/mol. The minimum Gasteiger partial charge on any atom is -0.481 e. The van der Waals surface area contributed by atoms with Crippen LogP contribution in [0.3, 0.4) is 0 Å². The topological polar surface area (TPSA) is 401 Å². The number of anilines is 1. The highest BCUT2D eigenvalue weighted by atomic mass is 32.2. The highest BCUT2D eigenvalue weighted by Crippen LogP contribution is 2.61. The lowest BCUT2D eigenvalue weighted by Gasteiger charge is -2.30. The van der Waals surface area contributed by atoms with Crippen molar-refractivity contribution in [2.24, 2.45) is 11.3 Å². The number of aliphatic carboxylic acids is 1. The number of nitrogen functional groups attached to an aromatic ring is 1. The molecule has 8 atom stereocenters. The Hall–Kier alpha value is -2.97. The molecule has 328 valence electrons. The molecule has 3 rings (SSSR count). The van der Waals surface area contributed by atoms with Crippen molar-refractivity contribution < 1.29 is 90.4 Å². The number of phosphoric acid groups is 3. The lowest BCUT2D eigenvalue weighted by Crippen LogP contribution is -2.46. The summed E-state index contributed by atoms with van der Waals surface area (Å²) >= 11 is 0.962. The van der Waals surface area contributed by atoms with Gasteiger partial charge in [-0.15, -0.1) is 0 Å². The fourth-order valence-corrected chi connectivity index (χ4v) is 8.94. The zero-order valence-corrected chi connectivity index (χ0v) is 34.6. The van der Waals surface area contributed by atoms with Gasteiger partial charge in [-0.1, -0.05) is 32.5 Å². The van der Waals surface area contributed by atoms with Gasteiger partial charge in [0.25, 0.3) is 0 Å². The highest BCUT2D eigenvalue weighted by molar-refractivity contribution is 8.13. The molecule has 1 aliphatic heterocycles. The number of hydrogen-bond acceptors (Lipinski definition) is 19. The van der Waals surface area contributed by atoms with Crippen molar-refractivity contribution in [3.63, 3.8) is 0 Å². The summed E-state index contributed by atoms with van der Waals surface area (Å²) in [5.41, 5.74) is 4.21. The molecule has 0 radical (unpaired) electrons. The van der Waals surface area contributed by atoms with E-state index in [2.05, 4.69) is 34.4 Å². The van der Waals surface area contributed by atoms with Crippen LogP contribution in [0.2, 0.25) is 0 Å². The zero-order chi connectivity index (χ0) is 43.6. The lowest BCUT2D eigenvalue weighted by molar-refractivity contribution is -0.138. The maximum Gasteiger partial charge on any atom is 0.481 e. The Morgan fingerprint density at radius 3 is 2.34 bits per heavy atom. The Labute approximate surface area is 334 Å². The second kappa shape index (κ2) is 21.0. The van der Waals surface area contributed by atoms with E-state index in [1.165, 1.54) is 13.8 Å². The quantitative estimate of drug-likeness (QED) is 0.0471. The molecule has 58 heavy (non-hydrogen) atoms. The van der Waals surface area contributed by atoms with Crippen LogP contribution < -0.4 is 16.4 Å². The summed E-state index contributed by atoms with van der Waals surface area (Å²) in [7, 11) is -16.4. The number of aliphatic hydroxyl groups excluding tert-OH is 2. The van der Waals surface area contributed by atoms with Gasteiger partial charge >= 0.3 is 29.4 Å². The summed E-state index contributed by atoms with van der Waals surface area (Å²) in [5, 5.41) is 34.9. The van der Waals surface area contributed by atoms with E-state index in [0.29, 0.717) is 6.42 Å². The van der Waals surface area contributed by atoms with Gasteiger partial charge in [0.15, 0.2) is 22.8 Å². The molecule has 2 amide bonds. The van der Waals surface area contributed by atoms with Gasteiger partial charge in [0.05, 0.1) is 19.5 Å². The second-order valence-corrected chi connectivity index (χ2v) is 18.6. The number of ether oxygens (including phenoxy) is 1. The Balaban J connectivity index is 1.47. The summed E-state index contributed by atoms with van der Waals surface area (Å²) in [6, 6.07) is 0. The Kier molecular flexibility index (Phi) is 17.9. The van der Waals surface area contributed by atoms with Crippen molar-refractivity contribution >= 4 is 75.1 Å². The van der Waals surface area contributed by atoms with E-state index in [9.17, 15) is 62.7 Å². The summed E-state index contributed by atoms with van der Waals surface area (Å²) in [5.74, 6) is -2.75. The van der Waals surface area contributed by atoms with Gasteiger partial charge in [0.2, 0.25) is 11.8 Å². The van der Waals surface area contributed by atoms with Crippen LogP contribution in [0.15, 0.2) is 12.7 Å². The van der Waals surface area contributed by atoms with Gasteiger partial charge < -0.3 is 56.0 Å². The number of carbonyl (C=O) groups is 4. The number of aromatic nitrogens is 4. The first-order valence-electron chi connectivity index (χ1n) is 17.1. The number of amides is 2. The Morgan fingerprint density at radius 1 is 1.03 bits per heavy atom. The van der Waals surface area contributed by atoms with Gasteiger partial charge in [-0.3, -0.25) is 37.3 Å². The van der Waals surface area contributed by atoms with Crippen LogP contribution in [-0.2, 0) is 55.5 Å². The predicted molar refractivity (Wildman–Crippen MR) is 198 cm³/mol. The molecule has 1 saturated heterocycles. The van der Waals surface area contributed by atoms with Gasteiger partial charge in [-0.2, -0.15) is 4.31 Å². The number of carbonyl (C=O) groups excluding carboxylic acids is 3. The van der Waals surface area contributed by atoms with Gasteiger partial charge in [0.1, 0.15) is 36.3 Å². The van der Waals surface area contributed by atoms with E-state index in [0.717, 1.165) is 29.0 Å². The minimum absolute atomic E-state index is 0.0208. The summed E-state index contributed by atoms with van der Waals surface area (Å²) in [6.07, 6.45) is -6.52. The number of thioether (sulfide) groups is 1. The van der Waals surface area contributed by atoms with E-state index in [1.54, 1.807) is 6.92 Å². The fraction of sp³-hybridized carbons (Fsp3) is 0.679. The van der Waals surface area contributed by atoms with Crippen molar-refractivity contribution in [1.82, 2.24) is 30.2 Å². The van der Waals surface area contributed by atoms with E-state index in [-0.39, 0.29) is 60.2 Å².